The summed E-state index contributed by atoms with van der Waals surface area (Å²) in [6.45, 7) is 3.02. The van der Waals surface area contributed by atoms with Crippen molar-refractivity contribution in [2.45, 2.75) is 38.6 Å². The molecule has 1 atom stereocenters. The third kappa shape index (κ3) is 2.07. The van der Waals surface area contributed by atoms with Crippen molar-refractivity contribution in [3.8, 4) is 11.3 Å². The number of hydrogen-bond donors (Lipinski definition) is 1. The Morgan fingerprint density at radius 3 is 3.05 bits per heavy atom. The number of hydrogen-bond acceptors (Lipinski definition) is 4. The molecule has 0 aromatic carbocycles. The minimum Gasteiger partial charge on any atom is -0.368 e. The summed E-state index contributed by atoms with van der Waals surface area (Å²) in [4.78, 5) is 7.69. The van der Waals surface area contributed by atoms with Crippen LogP contribution in [0.2, 0.25) is 0 Å². The summed E-state index contributed by atoms with van der Waals surface area (Å²) in [5.74, 6) is -0.0327. The fraction of sp³-hybridized carbons (Fsp3) is 0.462. The van der Waals surface area contributed by atoms with Crippen molar-refractivity contribution in [1.82, 2.24) is 19.7 Å². The number of aromatic nitrogens is 4. The molecule has 0 saturated heterocycles. The number of nitrogen functional groups attached to an aromatic ring is 1. The molecule has 19 heavy (non-hydrogen) atoms. The van der Waals surface area contributed by atoms with Gasteiger partial charge in [-0.25, -0.2) is 14.4 Å². The lowest BCUT2D eigenvalue weighted by Gasteiger charge is -2.12. The van der Waals surface area contributed by atoms with E-state index in [1.807, 2.05) is 4.68 Å². The second kappa shape index (κ2) is 4.60. The van der Waals surface area contributed by atoms with Gasteiger partial charge in [-0.3, -0.25) is 4.68 Å². The van der Waals surface area contributed by atoms with E-state index in [0.717, 1.165) is 36.8 Å². The molecule has 1 unspecified atom stereocenters. The van der Waals surface area contributed by atoms with Gasteiger partial charge in [0, 0.05) is 12.1 Å². The summed E-state index contributed by atoms with van der Waals surface area (Å²) in [5.41, 5.74) is 7.60. The molecule has 3 heterocycles. The number of aryl methyl sites for hydroxylation is 1. The molecule has 6 heteroatoms. The summed E-state index contributed by atoms with van der Waals surface area (Å²) >= 11 is 0. The van der Waals surface area contributed by atoms with Gasteiger partial charge in [0.1, 0.15) is 5.69 Å². The minimum atomic E-state index is -0.457. The number of nitrogens with zero attached hydrogens (tertiary/aromatic N) is 4. The zero-order valence-corrected chi connectivity index (χ0v) is 10.8. The van der Waals surface area contributed by atoms with E-state index in [0.29, 0.717) is 5.92 Å². The van der Waals surface area contributed by atoms with Crippen LogP contribution >= 0.6 is 0 Å². The molecule has 0 aliphatic carbocycles. The molecule has 3 rings (SSSR count). The second-order valence-corrected chi connectivity index (χ2v) is 4.99. The quantitative estimate of drug-likeness (QED) is 0.855. The lowest BCUT2D eigenvalue weighted by molar-refractivity contribution is 0.576. The Bertz CT molecular complexity index is 607. The highest BCUT2D eigenvalue weighted by Crippen LogP contribution is 2.34. The van der Waals surface area contributed by atoms with Crippen LogP contribution in [-0.2, 0) is 6.54 Å². The maximum absolute atomic E-state index is 13.9. The zero-order valence-electron chi connectivity index (χ0n) is 10.8. The summed E-state index contributed by atoms with van der Waals surface area (Å²) < 4.78 is 15.9. The Kier molecular flexibility index (Phi) is 2.93. The zero-order chi connectivity index (χ0) is 13.4. The highest BCUT2D eigenvalue weighted by Gasteiger charge is 2.23. The molecule has 5 nitrogen and oxygen atoms in total. The second-order valence-electron chi connectivity index (χ2n) is 4.99. The van der Waals surface area contributed by atoms with Gasteiger partial charge < -0.3 is 5.73 Å². The average Bonchev–Trinajstić information content (AvgIpc) is 2.72. The number of anilines is 1. The summed E-state index contributed by atoms with van der Waals surface area (Å²) in [6, 6.07) is 0. The molecule has 0 saturated carbocycles. The van der Waals surface area contributed by atoms with Gasteiger partial charge in [0.2, 0.25) is 5.95 Å². The maximum atomic E-state index is 13.9. The first-order chi connectivity index (χ1) is 9.16. The highest BCUT2D eigenvalue weighted by atomic mass is 19.1. The van der Waals surface area contributed by atoms with E-state index in [2.05, 4.69) is 22.0 Å². The highest BCUT2D eigenvalue weighted by molar-refractivity contribution is 5.63. The predicted molar refractivity (Wildman–Crippen MR) is 69.9 cm³/mol. The average molecular weight is 261 g/mol. The number of nitrogens with two attached hydrogens (primary N) is 1. The van der Waals surface area contributed by atoms with Gasteiger partial charge in [0.25, 0.3) is 0 Å². The first-order valence-electron chi connectivity index (χ1n) is 6.51. The molecule has 0 bridgehead atoms. The van der Waals surface area contributed by atoms with Crippen LogP contribution in [-0.4, -0.2) is 19.7 Å². The number of rotatable bonds is 1. The normalized spacial score (nSPS) is 18.9. The SMILES string of the molecule is CC1CCCCn2ncc(-c3nc(N)ncc3F)c21. The molecular formula is C13H16FN5. The Hall–Kier alpha value is -1.98. The topological polar surface area (TPSA) is 69.6 Å². The predicted octanol–water partition coefficient (Wildman–Crippen LogP) is 2.35. The van der Waals surface area contributed by atoms with Crippen LogP contribution < -0.4 is 5.73 Å². The third-order valence-electron chi connectivity index (χ3n) is 3.62. The van der Waals surface area contributed by atoms with Crippen molar-refractivity contribution in [2.24, 2.45) is 0 Å². The Labute approximate surface area is 110 Å². The van der Waals surface area contributed by atoms with Crippen molar-refractivity contribution in [1.29, 1.82) is 0 Å². The molecule has 2 N–H and O–H groups in total. The van der Waals surface area contributed by atoms with Gasteiger partial charge in [0.05, 0.1) is 18.1 Å². The molecular weight excluding hydrogens is 245 g/mol. The van der Waals surface area contributed by atoms with Crippen LogP contribution in [0.1, 0.15) is 37.8 Å². The van der Waals surface area contributed by atoms with Gasteiger partial charge in [-0.15, -0.1) is 0 Å². The van der Waals surface area contributed by atoms with E-state index < -0.39 is 5.82 Å². The molecule has 2 aromatic rings. The van der Waals surface area contributed by atoms with E-state index in [1.165, 1.54) is 6.42 Å². The van der Waals surface area contributed by atoms with Gasteiger partial charge in [-0.1, -0.05) is 13.3 Å². The fourth-order valence-electron chi connectivity index (χ4n) is 2.69. The molecule has 100 valence electrons. The first kappa shape index (κ1) is 12.1. The van der Waals surface area contributed by atoms with E-state index >= 15 is 0 Å². The molecule has 1 aliphatic heterocycles. The third-order valence-corrected chi connectivity index (χ3v) is 3.62. The first-order valence-corrected chi connectivity index (χ1v) is 6.51. The van der Waals surface area contributed by atoms with Gasteiger partial charge >= 0.3 is 0 Å². The van der Waals surface area contributed by atoms with Gasteiger partial charge in [-0.2, -0.15) is 5.10 Å². The van der Waals surface area contributed by atoms with E-state index in [9.17, 15) is 4.39 Å². The van der Waals surface area contributed by atoms with Crippen LogP contribution in [0.3, 0.4) is 0 Å². The lowest BCUT2D eigenvalue weighted by atomic mass is 9.97. The van der Waals surface area contributed by atoms with Crippen molar-refractivity contribution in [3.63, 3.8) is 0 Å². The summed E-state index contributed by atoms with van der Waals surface area (Å²) in [5, 5.41) is 4.36. The van der Waals surface area contributed by atoms with Crippen molar-refractivity contribution >= 4 is 5.95 Å². The Morgan fingerprint density at radius 1 is 1.37 bits per heavy atom. The number of fused-ring (bicyclic) bond motifs is 1. The van der Waals surface area contributed by atoms with Crippen molar-refractivity contribution < 1.29 is 4.39 Å². The minimum absolute atomic E-state index is 0.0811. The van der Waals surface area contributed by atoms with Crippen LogP contribution in [0, 0.1) is 5.82 Å². The maximum Gasteiger partial charge on any atom is 0.220 e. The van der Waals surface area contributed by atoms with Crippen LogP contribution in [0.4, 0.5) is 10.3 Å². The fourth-order valence-corrected chi connectivity index (χ4v) is 2.69. The molecule has 0 radical (unpaired) electrons. The molecule has 2 aromatic heterocycles. The molecule has 1 aliphatic rings. The largest absolute Gasteiger partial charge is 0.368 e. The number of halogens is 1. The van der Waals surface area contributed by atoms with E-state index in [1.54, 1.807) is 6.20 Å². The molecule has 0 fully saturated rings. The summed E-state index contributed by atoms with van der Waals surface area (Å²) in [6.07, 6.45) is 6.15. The molecule has 0 amide bonds. The standard InChI is InChI=1S/C13H16FN5/c1-8-4-2-3-5-19-12(8)9(6-17-19)11-10(14)7-16-13(15)18-11/h6-8H,2-5H2,1H3,(H2,15,16,18). The van der Waals surface area contributed by atoms with Gasteiger partial charge in [0.15, 0.2) is 5.82 Å². The van der Waals surface area contributed by atoms with Crippen LogP contribution in [0.15, 0.2) is 12.4 Å². The van der Waals surface area contributed by atoms with Gasteiger partial charge in [-0.05, 0) is 18.8 Å². The van der Waals surface area contributed by atoms with E-state index in [-0.39, 0.29) is 11.6 Å². The Balaban J connectivity index is 2.16. The van der Waals surface area contributed by atoms with Crippen molar-refractivity contribution in [2.75, 3.05) is 5.73 Å². The Morgan fingerprint density at radius 2 is 2.21 bits per heavy atom. The summed E-state index contributed by atoms with van der Waals surface area (Å²) in [7, 11) is 0. The van der Waals surface area contributed by atoms with Crippen LogP contribution in [0.25, 0.3) is 11.3 Å². The monoisotopic (exact) mass is 261 g/mol. The van der Waals surface area contributed by atoms with Crippen LogP contribution in [0.5, 0.6) is 0 Å². The lowest BCUT2D eigenvalue weighted by Crippen LogP contribution is -2.06. The van der Waals surface area contributed by atoms with E-state index in [4.69, 9.17) is 5.73 Å². The smallest absolute Gasteiger partial charge is 0.220 e. The molecule has 0 spiro atoms. The van der Waals surface area contributed by atoms with Crippen molar-refractivity contribution in [3.05, 3.63) is 23.9 Å².